The highest BCUT2D eigenvalue weighted by atomic mass is 17.2. The first-order chi connectivity index (χ1) is 3.81. The van der Waals surface area contributed by atoms with E-state index in [4.69, 9.17) is 25.7 Å². The minimum absolute atomic E-state index is 0.628. The van der Waals surface area contributed by atoms with Gasteiger partial charge in [-0.25, -0.2) is 5.26 Å². The molecule has 0 atom stereocenters. The second-order valence-electron chi connectivity index (χ2n) is 1.72. The van der Waals surface area contributed by atoms with Crippen LogP contribution in [0.2, 0.25) is 0 Å². The molecule has 0 aliphatic rings. The van der Waals surface area contributed by atoms with Crippen LogP contribution in [0.15, 0.2) is 0 Å². The molecule has 6 heteroatoms. The first kappa shape index (κ1) is 8.76. The number of rotatable bonds is 2. The summed E-state index contributed by atoms with van der Waals surface area (Å²) < 4.78 is 0. The van der Waals surface area contributed by atoms with Crippen LogP contribution in [-0.2, 0) is 4.89 Å². The maximum absolute atomic E-state index is 8.32. The molecule has 0 spiro atoms. The highest BCUT2D eigenvalue weighted by Crippen LogP contribution is 2.15. The number of aliphatic hydroxyl groups is 4. The lowest BCUT2D eigenvalue weighted by molar-refractivity contribution is -0.538. The van der Waals surface area contributed by atoms with Gasteiger partial charge in [0.2, 0.25) is 5.79 Å². The van der Waals surface area contributed by atoms with E-state index in [9.17, 15) is 0 Å². The molecular weight excluding hydrogens is 132 g/mol. The third-order valence-electron chi connectivity index (χ3n) is 0.744. The normalized spacial score (nSPS) is 14.0. The molecule has 0 rings (SSSR count). The van der Waals surface area contributed by atoms with Gasteiger partial charge in [-0.05, 0) is 6.92 Å². The van der Waals surface area contributed by atoms with Crippen molar-refractivity contribution in [2.24, 2.45) is 0 Å². The van der Waals surface area contributed by atoms with Gasteiger partial charge in [0.15, 0.2) is 0 Å². The van der Waals surface area contributed by atoms with E-state index in [2.05, 4.69) is 4.89 Å². The van der Waals surface area contributed by atoms with Crippen molar-refractivity contribution in [2.45, 2.75) is 18.7 Å². The van der Waals surface area contributed by atoms with E-state index >= 15 is 0 Å². The first-order valence-electron chi connectivity index (χ1n) is 2.03. The minimum atomic E-state index is -3.35. The molecule has 0 heterocycles. The molecule has 6 nitrogen and oxygen atoms in total. The van der Waals surface area contributed by atoms with Gasteiger partial charge in [0.1, 0.15) is 0 Å². The molecule has 0 radical (unpaired) electrons. The summed E-state index contributed by atoms with van der Waals surface area (Å²) in [5.41, 5.74) is 0. The molecule has 0 aliphatic heterocycles. The summed E-state index contributed by atoms with van der Waals surface area (Å²) in [5, 5.41) is 40.7. The van der Waals surface area contributed by atoms with Gasteiger partial charge >= 0.3 is 5.97 Å². The Hall–Kier alpha value is -0.240. The molecule has 5 N–H and O–H groups in total. The summed E-state index contributed by atoms with van der Waals surface area (Å²) in [5.74, 6) is -6.27. The van der Waals surface area contributed by atoms with Crippen molar-refractivity contribution in [1.82, 2.24) is 0 Å². The van der Waals surface area contributed by atoms with Crippen LogP contribution in [0.3, 0.4) is 0 Å². The quantitative estimate of drug-likeness (QED) is 0.169. The Balaban J connectivity index is 4.14. The van der Waals surface area contributed by atoms with Gasteiger partial charge in [-0.15, -0.1) is 0 Å². The second kappa shape index (κ2) is 2.18. The third-order valence-corrected chi connectivity index (χ3v) is 0.744. The van der Waals surface area contributed by atoms with Crippen LogP contribution in [0, 0.1) is 0 Å². The van der Waals surface area contributed by atoms with E-state index in [0.717, 1.165) is 0 Å². The standard InChI is InChI=1S/C3H8O6/c1-2(4,5)3(6,7)9-8/h4-8H,1H3. The molecule has 0 fully saturated rings. The summed E-state index contributed by atoms with van der Waals surface area (Å²) in [7, 11) is 0. The summed E-state index contributed by atoms with van der Waals surface area (Å²) in [6, 6.07) is 0. The molecule has 0 aliphatic carbocycles. The van der Waals surface area contributed by atoms with Crippen molar-refractivity contribution in [3.63, 3.8) is 0 Å². The Morgan fingerprint density at radius 2 is 1.44 bits per heavy atom. The van der Waals surface area contributed by atoms with Crippen LogP contribution in [0.1, 0.15) is 6.92 Å². The average Bonchev–Trinajstić information content (AvgIpc) is 1.64. The van der Waals surface area contributed by atoms with Crippen molar-refractivity contribution in [3.8, 4) is 0 Å². The van der Waals surface area contributed by atoms with Gasteiger partial charge in [-0.3, -0.25) is 0 Å². The van der Waals surface area contributed by atoms with Crippen molar-refractivity contribution in [1.29, 1.82) is 0 Å². The van der Waals surface area contributed by atoms with Crippen molar-refractivity contribution in [2.75, 3.05) is 0 Å². The van der Waals surface area contributed by atoms with E-state index in [1.54, 1.807) is 0 Å². The zero-order chi connectivity index (χ0) is 7.71. The molecule has 0 aromatic heterocycles. The maximum atomic E-state index is 8.32. The first-order valence-corrected chi connectivity index (χ1v) is 2.03. The monoisotopic (exact) mass is 140 g/mol. The predicted octanol–water partition coefficient (Wildman–Crippen LogP) is -2.18. The van der Waals surface area contributed by atoms with Gasteiger partial charge in [0.25, 0.3) is 0 Å². The summed E-state index contributed by atoms with van der Waals surface area (Å²) in [6.45, 7) is 0.628. The Kier molecular flexibility index (Phi) is 2.12. The van der Waals surface area contributed by atoms with Gasteiger partial charge in [-0.1, -0.05) is 0 Å². The van der Waals surface area contributed by atoms with Crippen LogP contribution in [0.4, 0.5) is 0 Å². The second-order valence-corrected chi connectivity index (χ2v) is 1.72. The van der Waals surface area contributed by atoms with E-state index < -0.39 is 11.8 Å². The highest BCUT2D eigenvalue weighted by molar-refractivity contribution is 4.65. The van der Waals surface area contributed by atoms with Gasteiger partial charge in [0.05, 0.1) is 0 Å². The van der Waals surface area contributed by atoms with E-state index in [0.29, 0.717) is 6.92 Å². The van der Waals surface area contributed by atoms with Crippen LogP contribution in [0.25, 0.3) is 0 Å². The number of hydrogen-bond donors (Lipinski definition) is 5. The molecule has 0 saturated heterocycles. The molecule has 0 saturated carbocycles. The fourth-order valence-electron chi connectivity index (χ4n) is 0.0865. The highest BCUT2D eigenvalue weighted by Gasteiger charge is 2.45. The van der Waals surface area contributed by atoms with Crippen LogP contribution >= 0.6 is 0 Å². The van der Waals surface area contributed by atoms with Crippen molar-refractivity contribution < 1.29 is 30.6 Å². The third kappa shape index (κ3) is 1.86. The molecule has 0 unspecified atom stereocenters. The Morgan fingerprint density at radius 1 is 1.11 bits per heavy atom. The molecule has 0 aromatic rings. The summed E-state index contributed by atoms with van der Waals surface area (Å²) in [4.78, 5) is 2.91. The Labute approximate surface area is 50.5 Å². The zero-order valence-electron chi connectivity index (χ0n) is 4.64. The van der Waals surface area contributed by atoms with Crippen LogP contribution < -0.4 is 0 Å². The van der Waals surface area contributed by atoms with E-state index in [-0.39, 0.29) is 0 Å². The lowest BCUT2D eigenvalue weighted by atomic mass is 10.3. The number of hydrogen-bond acceptors (Lipinski definition) is 6. The van der Waals surface area contributed by atoms with Gasteiger partial charge in [0, 0.05) is 0 Å². The fraction of sp³-hybridized carbons (Fsp3) is 1.00. The molecule has 56 valence electrons. The summed E-state index contributed by atoms with van der Waals surface area (Å²) in [6.07, 6.45) is 0. The van der Waals surface area contributed by atoms with E-state index in [1.807, 2.05) is 0 Å². The molecule has 0 aromatic carbocycles. The average molecular weight is 140 g/mol. The molecular formula is C3H8O6. The molecule has 0 amide bonds. The topological polar surface area (TPSA) is 110 Å². The van der Waals surface area contributed by atoms with Gasteiger partial charge < -0.3 is 20.4 Å². The van der Waals surface area contributed by atoms with Crippen molar-refractivity contribution >= 4 is 0 Å². The Morgan fingerprint density at radius 3 is 1.44 bits per heavy atom. The van der Waals surface area contributed by atoms with Gasteiger partial charge in [-0.2, -0.15) is 4.89 Å². The van der Waals surface area contributed by atoms with Crippen molar-refractivity contribution in [3.05, 3.63) is 0 Å². The Bertz CT molecular complexity index is 91.0. The molecule has 0 bridgehead atoms. The fourth-order valence-corrected chi connectivity index (χ4v) is 0.0865. The lowest BCUT2D eigenvalue weighted by Gasteiger charge is -2.27. The zero-order valence-corrected chi connectivity index (χ0v) is 4.64. The minimum Gasteiger partial charge on any atom is -0.360 e. The predicted molar refractivity (Wildman–Crippen MR) is 23.7 cm³/mol. The smallest absolute Gasteiger partial charge is 0.360 e. The van der Waals surface area contributed by atoms with E-state index in [1.165, 1.54) is 0 Å². The summed E-state index contributed by atoms with van der Waals surface area (Å²) >= 11 is 0. The maximum Gasteiger partial charge on any atom is 0.361 e. The largest absolute Gasteiger partial charge is 0.361 e. The van der Waals surface area contributed by atoms with Crippen LogP contribution in [0.5, 0.6) is 0 Å². The lowest BCUT2D eigenvalue weighted by Crippen LogP contribution is -2.53. The van der Waals surface area contributed by atoms with Crippen LogP contribution in [-0.4, -0.2) is 37.4 Å². The SMILES string of the molecule is CC(O)(O)C(O)(O)OO. The molecule has 9 heavy (non-hydrogen) atoms.